The summed E-state index contributed by atoms with van der Waals surface area (Å²) in [7, 11) is -3.47. The third-order valence-electron chi connectivity index (χ3n) is 6.39. The van der Waals surface area contributed by atoms with Gasteiger partial charge in [-0.25, -0.2) is 8.42 Å². The molecule has 2 aliphatic rings. The second-order valence-electron chi connectivity index (χ2n) is 8.87. The molecule has 4 rings (SSSR count). The lowest BCUT2D eigenvalue weighted by molar-refractivity contribution is 0.0426. The molecule has 0 aromatic heterocycles. The molecule has 0 unspecified atom stereocenters. The molecule has 0 bridgehead atoms. The van der Waals surface area contributed by atoms with Gasteiger partial charge >= 0.3 is 0 Å². The van der Waals surface area contributed by atoms with Gasteiger partial charge in [-0.3, -0.25) is 14.4 Å². The van der Waals surface area contributed by atoms with Crippen LogP contribution < -0.4 is 9.46 Å². The number of ether oxygens (including phenoxy) is 1. The van der Waals surface area contributed by atoms with Crippen molar-refractivity contribution in [3.8, 4) is 5.75 Å². The monoisotopic (exact) mass is 525 g/mol. The largest absolute Gasteiger partial charge is 0.490 e. The molecule has 1 N–H and O–H groups in total. The fourth-order valence-corrected chi connectivity index (χ4v) is 5.53. The minimum Gasteiger partial charge on any atom is -0.490 e. The Labute approximate surface area is 211 Å². The van der Waals surface area contributed by atoms with Crippen molar-refractivity contribution in [2.75, 3.05) is 37.2 Å². The van der Waals surface area contributed by atoms with E-state index >= 15 is 0 Å². The van der Waals surface area contributed by atoms with Crippen molar-refractivity contribution in [1.82, 2.24) is 9.80 Å². The average Bonchev–Trinajstić information content (AvgIpc) is 2.81. The number of sulfonamides is 1. The molecule has 2 aromatic rings. The maximum Gasteiger partial charge on any atom is 0.255 e. The van der Waals surface area contributed by atoms with Crippen LogP contribution in [0.25, 0.3) is 0 Å². The number of halogens is 2. The van der Waals surface area contributed by atoms with E-state index in [0.717, 1.165) is 50.8 Å². The zero-order valence-electron chi connectivity index (χ0n) is 19.0. The Balaban J connectivity index is 1.28. The highest BCUT2D eigenvalue weighted by Crippen LogP contribution is 2.29. The Morgan fingerprint density at radius 1 is 0.971 bits per heavy atom. The molecule has 0 radical (unpaired) electrons. The van der Waals surface area contributed by atoms with Gasteiger partial charge in [0.15, 0.2) is 0 Å². The van der Waals surface area contributed by atoms with Crippen LogP contribution in [0.5, 0.6) is 5.75 Å². The van der Waals surface area contributed by atoms with Crippen molar-refractivity contribution in [2.24, 2.45) is 0 Å². The molecule has 2 aromatic carbocycles. The van der Waals surface area contributed by atoms with Crippen LogP contribution in [0.1, 0.15) is 36.0 Å². The van der Waals surface area contributed by atoms with Crippen LogP contribution in [-0.2, 0) is 10.0 Å². The molecule has 10 heteroatoms. The third kappa shape index (κ3) is 6.36. The SMILES string of the molecule is CS(=O)(=O)Nc1ccccc1C(=O)N1CCC(N2CCC(Oc3ccc(Cl)c(Cl)c3)CC2)CC1. The number of nitrogens with zero attached hydrogens (tertiary/aromatic N) is 2. The predicted octanol–water partition coefficient (Wildman–Crippen LogP) is 4.51. The molecular weight excluding hydrogens is 497 g/mol. The lowest BCUT2D eigenvalue weighted by Crippen LogP contribution is -2.50. The third-order valence-corrected chi connectivity index (χ3v) is 7.72. The van der Waals surface area contributed by atoms with Gasteiger partial charge in [0.1, 0.15) is 11.9 Å². The van der Waals surface area contributed by atoms with E-state index in [1.165, 1.54) is 0 Å². The number of hydrogen-bond donors (Lipinski definition) is 1. The molecular formula is C24H29Cl2N3O4S. The first-order valence-electron chi connectivity index (χ1n) is 11.4. The number of rotatable bonds is 6. The van der Waals surface area contributed by atoms with Gasteiger partial charge in [0, 0.05) is 38.3 Å². The fraction of sp³-hybridized carbons (Fsp3) is 0.458. The van der Waals surface area contributed by atoms with Gasteiger partial charge in [-0.2, -0.15) is 0 Å². The smallest absolute Gasteiger partial charge is 0.255 e. The molecule has 0 atom stereocenters. The van der Waals surface area contributed by atoms with Crippen LogP contribution in [-0.4, -0.2) is 68.7 Å². The van der Waals surface area contributed by atoms with E-state index in [1.807, 2.05) is 11.0 Å². The molecule has 2 fully saturated rings. The van der Waals surface area contributed by atoms with Crippen molar-refractivity contribution >= 4 is 44.8 Å². The topological polar surface area (TPSA) is 79.0 Å². The summed E-state index contributed by atoms with van der Waals surface area (Å²) in [6.45, 7) is 3.20. The van der Waals surface area contributed by atoms with E-state index in [-0.39, 0.29) is 12.0 Å². The first kappa shape index (κ1) is 25.1. The number of nitrogens with one attached hydrogen (secondary N) is 1. The molecule has 34 heavy (non-hydrogen) atoms. The Morgan fingerprint density at radius 3 is 2.29 bits per heavy atom. The number of para-hydroxylation sites is 1. The summed E-state index contributed by atoms with van der Waals surface area (Å²) < 4.78 is 31.9. The summed E-state index contributed by atoms with van der Waals surface area (Å²) >= 11 is 12.1. The Morgan fingerprint density at radius 2 is 1.65 bits per heavy atom. The summed E-state index contributed by atoms with van der Waals surface area (Å²) in [5.41, 5.74) is 0.702. The summed E-state index contributed by atoms with van der Waals surface area (Å²) in [6, 6.07) is 12.5. The summed E-state index contributed by atoms with van der Waals surface area (Å²) in [4.78, 5) is 17.4. The highest BCUT2D eigenvalue weighted by molar-refractivity contribution is 7.92. The number of hydrogen-bond acceptors (Lipinski definition) is 5. The zero-order chi connectivity index (χ0) is 24.3. The summed E-state index contributed by atoms with van der Waals surface area (Å²) in [5.74, 6) is 0.601. The van der Waals surface area contributed by atoms with E-state index in [9.17, 15) is 13.2 Å². The quantitative estimate of drug-likeness (QED) is 0.599. The number of carbonyl (C=O) groups excluding carboxylic acids is 1. The number of amides is 1. The molecule has 184 valence electrons. The van der Waals surface area contributed by atoms with Crippen LogP contribution in [0.3, 0.4) is 0 Å². The molecule has 0 aliphatic carbocycles. The summed E-state index contributed by atoms with van der Waals surface area (Å²) in [5, 5.41) is 1.01. The van der Waals surface area contributed by atoms with Gasteiger partial charge in [0.2, 0.25) is 10.0 Å². The Kier molecular flexibility index (Phi) is 7.92. The summed E-state index contributed by atoms with van der Waals surface area (Å²) in [6.07, 6.45) is 4.89. The van der Waals surface area contributed by atoms with Crippen LogP contribution in [0.15, 0.2) is 42.5 Å². The van der Waals surface area contributed by atoms with Crippen LogP contribution in [0, 0.1) is 0 Å². The molecule has 1 amide bonds. The van der Waals surface area contributed by atoms with Crippen LogP contribution >= 0.6 is 23.2 Å². The van der Waals surface area contributed by atoms with Gasteiger partial charge in [-0.1, -0.05) is 35.3 Å². The van der Waals surface area contributed by atoms with Gasteiger partial charge < -0.3 is 9.64 Å². The molecule has 7 nitrogen and oxygen atoms in total. The minimum atomic E-state index is -3.47. The van der Waals surface area contributed by atoms with Gasteiger partial charge in [-0.05, 0) is 49.9 Å². The number of benzene rings is 2. The average molecular weight is 526 g/mol. The highest BCUT2D eigenvalue weighted by Gasteiger charge is 2.31. The fourth-order valence-electron chi connectivity index (χ4n) is 4.66. The second kappa shape index (κ2) is 10.7. The normalized spacial score (nSPS) is 18.6. The lowest BCUT2D eigenvalue weighted by Gasteiger charge is -2.41. The number of piperidine rings is 2. The van der Waals surface area contributed by atoms with E-state index in [0.29, 0.717) is 40.4 Å². The molecule has 0 spiro atoms. The van der Waals surface area contributed by atoms with Crippen LogP contribution in [0.4, 0.5) is 5.69 Å². The molecule has 2 aliphatic heterocycles. The van der Waals surface area contributed by atoms with E-state index in [4.69, 9.17) is 27.9 Å². The number of carbonyl (C=O) groups is 1. The van der Waals surface area contributed by atoms with Crippen molar-refractivity contribution < 1.29 is 17.9 Å². The Bertz CT molecular complexity index is 1130. The van der Waals surface area contributed by atoms with Crippen LogP contribution in [0.2, 0.25) is 10.0 Å². The highest BCUT2D eigenvalue weighted by atomic mass is 35.5. The van der Waals surface area contributed by atoms with E-state index in [1.54, 1.807) is 36.4 Å². The maximum atomic E-state index is 13.1. The van der Waals surface area contributed by atoms with Gasteiger partial charge in [0.25, 0.3) is 5.91 Å². The maximum absolute atomic E-state index is 13.1. The van der Waals surface area contributed by atoms with E-state index in [2.05, 4.69) is 9.62 Å². The van der Waals surface area contributed by atoms with E-state index < -0.39 is 10.0 Å². The predicted molar refractivity (Wildman–Crippen MR) is 136 cm³/mol. The van der Waals surface area contributed by atoms with Gasteiger partial charge in [-0.15, -0.1) is 0 Å². The zero-order valence-corrected chi connectivity index (χ0v) is 21.4. The van der Waals surface area contributed by atoms with Crippen molar-refractivity contribution in [3.63, 3.8) is 0 Å². The standard InChI is InChI=1S/C24H29Cl2N3O4S/c1-34(31,32)27-23-5-3-2-4-20(23)24(30)29-12-8-17(9-13-29)28-14-10-18(11-15-28)33-19-6-7-21(25)22(26)16-19/h2-7,16-18,27H,8-15H2,1H3. The Hall–Kier alpha value is -2.00. The van der Waals surface area contributed by atoms with Gasteiger partial charge in [0.05, 0.1) is 27.6 Å². The molecule has 2 heterocycles. The number of anilines is 1. The van der Waals surface area contributed by atoms with Crippen molar-refractivity contribution in [1.29, 1.82) is 0 Å². The lowest BCUT2D eigenvalue weighted by atomic mass is 9.98. The first-order chi connectivity index (χ1) is 16.2. The number of likely N-dealkylation sites (tertiary alicyclic amines) is 2. The van der Waals surface area contributed by atoms with Crippen molar-refractivity contribution in [3.05, 3.63) is 58.1 Å². The minimum absolute atomic E-state index is 0.140. The molecule has 0 saturated carbocycles. The first-order valence-corrected chi connectivity index (χ1v) is 14.1. The second-order valence-corrected chi connectivity index (χ2v) is 11.4. The van der Waals surface area contributed by atoms with Crippen molar-refractivity contribution in [2.45, 2.75) is 37.8 Å². The molecule has 2 saturated heterocycles.